The maximum absolute atomic E-state index is 8.73. The molecule has 2 aromatic rings. The van der Waals surface area contributed by atoms with E-state index in [1.807, 2.05) is 12.1 Å². The van der Waals surface area contributed by atoms with Crippen molar-refractivity contribution in [1.29, 1.82) is 0 Å². The summed E-state index contributed by atoms with van der Waals surface area (Å²) in [5, 5.41) is 13.8. The van der Waals surface area contributed by atoms with E-state index in [9.17, 15) is 0 Å². The Bertz CT molecular complexity index is 595. The van der Waals surface area contributed by atoms with Gasteiger partial charge in [0.25, 0.3) is 0 Å². The maximum Gasteiger partial charge on any atom is 0.188 e. The van der Waals surface area contributed by atoms with Crippen LogP contribution in [0.15, 0.2) is 41.0 Å². The van der Waals surface area contributed by atoms with Crippen LogP contribution in [0.1, 0.15) is 30.0 Å². The molecule has 5 nitrogen and oxygen atoms in total. The van der Waals surface area contributed by atoms with Crippen LogP contribution in [0.3, 0.4) is 0 Å². The van der Waals surface area contributed by atoms with Crippen molar-refractivity contribution >= 4 is 17.2 Å². The smallest absolute Gasteiger partial charge is 0.188 e. The summed E-state index contributed by atoms with van der Waals surface area (Å²) in [7, 11) is 0. The van der Waals surface area contributed by atoms with Gasteiger partial charge < -0.3 is 10.9 Å². The third-order valence-corrected chi connectivity index (χ3v) is 4.11. The highest BCUT2D eigenvalue weighted by atomic mass is 32.1. The van der Waals surface area contributed by atoms with E-state index in [4.69, 9.17) is 10.9 Å². The van der Waals surface area contributed by atoms with Crippen molar-refractivity contribution in [2.24, 2.45) is 10.9 Å². The molecule has 2 heterocycles. The van der Waals surface area contributed by atoms with Crippen LogP contribution in [0.25, 0.3) is 0 Å². The highest BCUT2D eigenvalue weighted by molar-refractivity contribution is 7.09. The average molecular weight is 304 g/mol. The summed E-state index contributed by atoms with van der Waals surface area (Å²) in [6.07, 6.45) is 1.69. The van der Waals surface area contributed by atoms with Gasteiger partial charge in [0.2, 0.25) is 0 Å². The lowest BCUT2D eigenvalue weighted by Gasteiger charge is -2.26. The van der Waals surface area contributed by atoms with Crippen LogP contribution in [-0.2, 0) is 13.1 Å². The van der Waals surface area contributed by atoms with E-state index in [0.29, 0.717) is 11.7 Å². The first-order chi connectivity index (χ1) is 10.1. The second-order valence-electron chi connectivity index (χ2n) is 5.11. The number of hydrogen-bond donors (Lipinski definition) is 2. The molecule has 0 amide bonds. The fraction of sp³-hybridized carbons (Fsp3) is 0.333. The zero-order valence-corrected chi connectivity index (χ0v) is 13.0. The minimum absolute atomic E-state index is 0.0335. The highest BCUT2D eigenvalue weighted by Gasteiger charge is 2.12. The van der Waals surface area contributed by atoms with Gasteiger partial charge in [-0.3, -0.25) is 9.88 Å². The van der Waals surface area contributed by atoms with Gasteiger partial charge in [0.1, 0.15) is 5.69 Å². The third kappa shape index (κ3) is 4.27. The Hall–Kier alpha value is -1.92. The lowest BCUT2D eigenvalue weighted by atomic mass is 10.2. The highest BCUT2D eigenvalue weighted by Crippen LogP contribution is 2.17. The predicted octanol–water partition coefficient (Wildman–Crippen LogP) is 2.65. The van der Waals surface area contributed by atoms with Crippen LogP contribution in [0.2, 0.25) is 0 Å². The zero-order chi connectivity index (χ0) is 15.2. The lowest BCUT2D eigenvalue weighted by molar-refractivity contribution is 0.205. The van der Waals surface area contributed by atoms with Gasteiger partial charge in [0, 0.05) is 30.2 Å². The van der Waals surface area contributed by atoms with Crippen LogP contribution < -0.4 is 5.73 Å². The number of nitrogens with zero attached hydrogens (tertiary/aromatic N) is 3. The van der Waals surface area contributed by atoms with Gasteiger partial charge in [-0.2, -0.15) is 0 Å². The van der Waals surface area contributed by atoms with Crippen LogP contribution in [0, 0.1) is 0 Å². The summed E-state index contributed by atoms with van der Waals surface area (Å²) in [6.45, 7) is 6.07. The first-order valence-electron chi connectivity index (χ1n) is 6.79. The Balaban J connectivity index is 2.13. The molecule has 6 heteroatoms. The largest absolute Gasteiger partial charge is 0.409 e. The van der Waals surface area contributed by atoms with E-state index in [0.717, 1.165) is 18.7 Å². The van der Waals surface area contributed by atoms with Crippen molar-refractivity contribution in [3.8, 4) is 0 Å². The van der Waals surface area contributed by atoms with Gasteiger partial charge in [-0.25, -0.2) is 0 Å². The van der Waals surface area contributed by atoms with E-state index >= 15 is 0 Å². The molecule has 0 aliphatic rings. The lowest BCUT2D eigenvalue weighted by Crippen LogP contribution is -2.29. The van der Waals surface area contributed by atoms with Crippen LogP contribution in [0.4, 0.5) is 0 Å². The summed E-state index contributed by atoms with van der Waals surface area (Å²) in [4.78, 5) is 7.82. The van der Waals surface area contributed by atoms with E-state index < -0.39 is 0 Å². The Morgan fingerprint density at radius 1 is 1.43 bits per heavy atom. The van der Waals surface area contributed by atoms with Crippen molar-refractivity contribution in [1.82, 2.24) is 9.88 Å². The predicted molar refractivity (Wildman–Crippen MR) is 85.4 cm³/mol. The molecule has 0 spiro atoms. The van der Waals surface area contributed by atoms with Crippen LogP contribution in [-0.4, -0.2) is 27.0 Å². The van der Waals surface area contributed by atoms with Gasteiger partial charge in [-0.15, -0.1) is 11.3 Å². The van der Waals surface area contributed by atoms with Gasteiger partial charge in [-0.05, 0) is 43.0 Å². The van der Waals surface area contributed by atoms with Crippen molar-refractivity contribution in [3.63, 3.8) is 0 Å². The molecule has 0 saturated carbocycles. The van der Waals surface area contributed by atoms with Crippen molar-refractivity contribution < 1.29 is 5.21 Å². The SMILES string of the molecule is CC(C)N(Cc1ccnc(C(N)=NO)c1)Cc1cccs1. The molecule has 0 aromatic carbocycles. The molecule has 21 heavy (non-hydrogen) atoms. The minimum Gasteiger partial charge on any atom is -0.409 e. The number of rotatable bonds is 6. The maximum atomic E-state index is 8.73. The zero-order valence-electron chi connectivity index (χ0n) is 12.2. The van der Waals surface area contributed by atoms with Crippen molar-refractivity contribution in [2.45, 2.75) is 33.0 Å². The van der Waals surface area contributed by atoms with Crippen molar-refractivity contribution in [2.75, 3.05) is 0 Å². The number of oxime groups is 1. The summed E-state index contributed by atoms with van der Waals surface area (Å²) in [6, 6.07) is 8.46. The normalized spacial score (nSPS) is 12.3. The van der Waals surface area contributed by atoms with E-state index in [1.54, 1.807) is 17.5 Å². The first kappa shape index (κ1) is 15.5. The molecule has 0 aliphatic heterocycles. The van der Waals surface area contributed by atoms with Crippen LogP contribution >= 0.6 is 11.3 Å². The van der Waals surface area contributed by atoms with E-state index in [2.05, 4.69) is 46.4 Å². The number of pyridine rings is 1. The summed E-state index contributed by atoms with van der Waals surface area (Å²) < 4.78 is 0. The second kappa shape index (κ2) is 7.19. The Kier molecular flexibility index (Phi) is 5.30. The molecule has 3 N–H and O–H groups in total. The molecule has 0 radical (unpaired) electrons. The van der Waals surface area contributed by atoms with Gasteiger partial charge in [-0.1, -0.05) is 11.2 Å². The molecule has 0 bridgehead atoms. The Morgan fingerprint density at radius 3 is 2.86 bits per heavy atom. The van der Waals surface area contributed by atoms with Gasteiger partial charge in [0.05, 0.1) is 0 Å². The molecule has 112 valence electrons. The molecule has 2 rings (SSSR count). The number of thiophene rings is 1. The molecule has 0 fully saturated rings. The first-order valence-corrected chi connectivity index (χ1v) is 7.67. The fourth-order valence-corrected chi connectivity index (χ4v) is 2.75. The second-order valence-corrected chi connectivity index (χ2v) is 6.14. The molecular formula is C15H20N4OS. The Labute approximate surface area is 128 Å². The number of hydrogen-bond acceptors (Lipinski definition) is 5. The summed E-state index contributed by atoms with van der Waals surface area (Å²) >= 11 is 1.76. The topological polar surface area (TPSA) is 74.7 Å². The monoisotopic (exact) mass is 304 g/mol. The summed E-state index contributed by atoms with van der Waals surface area (Å²) in [5.41, 5.74) is 7.18. The molecular weight excluding hydrogens is 284 g/mol. The van der Waals surface area contributed by atoms with E-state index in [1.165, 1.54) is 4.88 Å². The van der Waals surface area contributed by atoms with Crippen LogP contribution in [0.5, 0.6) is 0 Å². The number of aromatic nitrogens is 1. The average Bonchev–Trinajstić information content (AvgIpc) is 2.99. The summed E-state index contributed by atoms with van der Waals surface area (Å²) in [5.74, 6) is 0.0335. The minimum atomic E-state index is 0.0335. The number of amidine groups is 1. The van der Waals surface area contributed by atoms with Crippen molar-refractivity contribution in [3.05, 3.63) is 52.0 Å². The molecule has 0 aliphatic carbocycles. The molecule has 2 aromatic heterocycles. The van der Waals surface area contributed by atoms with Gasteiger partial charge >= 0.3 is 0 Å². The molecule has 0 atom stereocenters. The Morgan fingerprint density at radius 2 is 2.24 bits per heavy atom. The molecule has 0 saturated heterocycles. The quantitative estimate of drug-likeness (QED) is 0.372. The van der Waals surface area contributed by atoms with E-state index in [-0.39, 0.29) is 5.84 Å². The third-order valence-electron chi connectivity index (χ3n) is 3.25. The molecule has 0 unspecified atom stereocenters. The standard InChI is InChI=1S/C15H20N4OS/c1-11(2)19(10-13-4-3-7-21-13)9-12-5-6-17-14(8-12)15(16)18-20/h3-8,11,20H,9-10H2,1-2H3,(H2,16,18). The number of nitrogens with two attached hydrogens (primary N) is 1. The fourth-order valence-electron chi connectivity index (χ4n) is 2.02. The van der Waals surface area contributed by atoms with Gasteiger partial charge in [0.15, 0.2) is 5.84 Å².